The molecule has 4 saturated carbocycles. The van der Waals surface area contributed by atoms with Crippen LogP contribution >= 0.6 is 0 Å². The fourth-order valence-corrected chi connectivity index (χ4v) is 7.38. The molecule has 4 fully saturated rings. The summed E-state index contributed by atoms with van der Waals surface area (Å²) in [5.74, 6) is 1.16. The van der Waals surface area contributed by atoms with E-state index in [0.717, 1.165) is 31.3 Å². The first-order chi connectivity index (χ1) is 17.6. The second-order valence-electron chi connectivity index (χ2n) is 12.5. The Balaban J connectivity index is 1.40. The predicted molar refractivity (Wildman–Crippen MR) is 147 cm³/mol. The lowest BCUT2D eigenvalue weighted by Gasteiger charge is -2.44. The van der Waals surface area contributed by atoms with E-state index in [2.05, 4.69) is 45.6 Å². The molecule has 0 aromatic carbocycles. The molecule has 5 nitrogen and oxygen atoms in total. The Labute approximate surface area is 223 Å². The molecule has 0 aliphatic heterocycles. The third kappa shape index (κ3) is 5.84. The molecule has 0 unspecified atom stereocenters. The van der Waals surface area contributed by atoms with Gasteiger partial charge in [0.2, 0.25) is 0 Å². The zero-order valence-corrected chi connectivity index (χ0v) is 23.1. The number of esters is 1. The van der Waals surface area contributed by atoms with E-state index in [-0.39, 0.29) is 11.4 Å². The molecule has 206 valence electrons. The maximum absolute atomic E-state index is 12.6. The summed E-state index contributed by atoms with van der Waals surface area (Å²) >= 11 is 0. The molecular formula is C32H48O5. The molecule has 0 aromatic heterocycles. The SMILES string of the molecule is C=C1[C@H](O)CC(=CC=C2CCC[C@]3(C)[C@@H]([C@@H](C)C=C[C@@H](O)C4(C(=O)OCCCC)CC4)CC[C@@H]23)C[C@H]1O. The molecular weight excluding hydrogens is 464 g/mol. The molecule has 5 heteroatoms. The van der Waals surface area contributed by atoms with Crippen LogP contribution in [0, 0.1) is 28.6 Å². The molecule has 0 amide bonds. The standard InChI is InChI=1S/C32H48O5/c1-5-6-18-37-30(36)32(16-17-32)29(35)14-9-21(2)25-12-13-26-24(8-7-15-31(25,26)4)11-10-23-19-27(33)22(3)28(34)20-23/h9-11,14,21,25-29,33-35H,3,5-8,12-13,15-20H2,1-2,4H3/t21-,25+,26-,27+,28+,29+,31+/m0/s1. The maximum Gasteiger partial charge on any atom is 0.315 e. The van der Waals surface area contributed by atoms with Gasteiger partial charge >= 0.3 is 5.97 Å². The van der Waals surface area contributed by atoms with Crippen molar-refractivity contribution in [2.45, 2.75) is 110 Å². The van der Waals surface area contributed by atoms with E-state index in [0.29, 0.717) is 55.6 Å². The largest absolute Gasteiger partial charge is 0.465 e. The topological polar surface area (TPSA) is 87.0 Å². The van der Waals surface area contributed by atoms with E-state index in [1.165, 1.54) is 24.8 Å². The lowest BCUT2D eigenvalue weighted by molar-refractivity contribution is -0.153. The zero-order valence-electron chi connectivity index (χ0n) is 23.1. The average molecular weight is 513 g/mol. The number of hydrogen-bond acceptors (Lipinski definition) is 5. The lowest BCUT2D eigenvalue weighted by Crippen LogP contribution is -2.36. The van der Waals surface area contributed by atoms with E-state index in [1.807, 2.05) is 6.08 Å². The van der Waals surface area contributed by atoms with Crippen LogP contribution in [-0.4, -0.2) is 46.2 Å². The van der Waals surface area contributed by atoms with E-state index < -0.39 is 23.7 Å². The number of aliphatic hydroxyl groups excluding tert-OH is 3. The first-order valence-corrected chi connectivity index (χ1v) is 14.6. The van der Waals surface area contributed by atoms with Crippen LogP contribution in [0.2, 0.25) is 0 Å². The van der Waals surface area contributed by atoms with Gasteiger partial charge in [0.15, 0.2) is 0 Å². The molecule has 3 N–H and O–H groups in total. The van der Waals surface area contributed by atoms with Gasteiger partial charge in [-0.05, 0) is 93.0 Å². The first-order valence-electron chi connectivity index (χ1n) is 14.6. The van der Waals surface area contributed by atoms with Crippen molar-refractivity contribution in [3.05, 3.63) is 47.6 Å². The Kier molecular flexibility index (Phi) is 8.87. The second kappa shape index (κ2) is 11.6. The Bertz CT molecular complexity index is 925. The summed E-state index contributed by atoms with van der Waals surface area (Å²) in [4.78, 5) is 12.6. The monoisotopic (exact) mass is 512 g/mol. The Hall–Kier alpha value is -1.69. The van der Waals surface area contributed by atoms with Gasteiger partial charge in [-0.3, -0.25) is 4.79 Å². The van der Waals surface area contributed by atoms with Gasteiger partial charge < -0.3 is 20.1 Å². The number of allylic oxidation sites excluding steroid dienone is 4. The van der Waals surface area contributed by atoms with Gasteiger partial charge in [-0.25, -0.2) is 0 Å². The molecule has 4 aliphatic carbocycles. The van der Waals surface area contributed by atoms with Crippen molar-refractivity contribution in [2.75, 3.05) is 6.61 Å². The third-order valence-corrected chi connectivity index (χ3v) is 10.1. The number of carbonyl (C=O) groups is 1. The van der Waals surface area contributed by atoms with Gasteiger partial charge in [0.05, 0.1) is 30.3 Å². The number of rotatable bonds is 9. The molecule has 0 aromatic rings. The number of ether oxygens (including phenoxy) is 1. The molecule has 7 atom stereocenters. The summed E-state index contributed by atoms with van der Waals surface area (Å²) in [7, 11) is 0. The fraction of sp³-hybridized carbons (Fsp3) is 0.719. The van der Waals surface area contributed by atoms with Crippen LogP contribution in [0.5, 0.6) is 0 Å². The first kappa shape index (κ1) is 28.3. The molecule has 4 rings (SSSR count). The third-order valence-electron chi connectivity index (χ3n) is 10.1. The van der Waals surface area contributed by atoms with Gasteiger partial charge in [-0.2, -0.15) is 0 Å². The van der Waals surface area contributed by atoms with Crippen LogP contribution in [-0.2, 0) is 9.53 Å². The van der Waals surface area contributed by atoms with Crippen molar-refractivity contribution < 1.29 is 24.9 Å². The van der Waals surface area contributed by atoms with Crippen molar-refractivity contribution in [3.63, 3.8) is 0 Å². The number of fused-ring (bicyclic) bond motifs is 1. The highest BCUT2D eigenvalue weighted by atomic mass is 16.5. The normalized spacial score (nSPS) is 35.9. The van der Waals surface area contributed by atoms with Crippen molar-refractivity contribution in [3.8, 4) is 0 Å². The Morgan fingerprint density at radius 2 is 1.84 bits per heavy atom. The molecule has 4 aliphatic rings. The minimum absolute atomic E-state index is 0.216. The molecule has 0 radical (unpaired) electrons. The highest BCUT2D eigenvalue weighted by Crippen LogP contribution is 2.59. The number of carbonyl (C=O) groups excluding carboxylic acids is 1. The summed E-state index contributed by atoms with van der Waals surface area (Å²) in [5.41, 5.74) is 2.61. The van der Waals surface area contributed by atoms with Crippen LogP contribution in [0.3, 0.4) is 0 Å². The molecule has 37 heavy (non-hydrogen) atoms. The van der Waals surface area contributed by atoms with E-state index >= 15 is 0 Å². The minimum atomic E-state index is -0.778. The quantitative estimate of drug-likeness (QED) is 0.206. The van der Waals surface area contributed by atoms with Crippen LogP contribution in [0.25, 0.3) is 0 Å². The van der Waals surface area contributed by atoms with E-state index in [4.69, 9.17) is 4.74 Å². The average Bonchev–Trinajstić information content (AvgIpc) is 3.60. The molecule has 0 bridgehead atoms. The summed E-state index contributed by atoms with van der Waals surface area (Å²) in [5, 5.41) is 31.3. The lowest BCUT2D eigenvalue weighted by atomic mass is 9.61. The maximum atomic E-state index is 12.6. The summed E-state index contributed by atoms with van der Waals surface area (Å²) in [6, 6.07) is 0. The van der Waals surface area contributed by atoms with Gasteiger partial charge in [-0.1, -0.05) is 69.2 Å². The van der Waals surface area contributed by atoms with Crippen LogP contribution in [0.4, 0.5) is 0 Å². The number of hydrogen-bond donors (Lipinski definition) is 3. The van der Waals surface area contributed by atoms with Crippen LogP contribution in [0.1, 0.15) is 91.4 Å². The molecule has 0 heterocycles. The van der Waals surface area contributed by atoms with Crippen molar-refractivity contribution in [1.29, 1.82) is 0 Å². The fourth-order valence-electron chi connectivity index (χ4n) is 7.38. The summed E-state index contributed by atoms with van der Waals surface area (Å²) < 4.78 is 5.44. The summed E-state index contributed by atoms with van der Waals surface area (Å²) in [6.45, 7) is 11.0. The van der Waals surface area contributed by atoms with Gasteiger partial charge in [0, 0.05) is 0 Å². The molecule has 0 spiro atoms. The smallest absolute Gasteiger partial charge is 0.315 e. The second-order valence-corrected chi connectivity index (χ2v) is 12.5. The zero-order chi connectivity index (χ0) is 26.8. The van der Waals surface area contributed by atoms with Crippen LogP contribution < -0.4 is 0 Å². The highest BCUT2D eigenvalue weighted by molar-refractivity contribution is 5.81. The van der Waals surface area contributed by atoms with Gasteiger partial charge in [0.25, 0.3) is 0 Å². The van der Waals surface area contributed by atoms with Crippen LogP contribution in [0.15, 0.2) is 47.6 Å². The van der Waals surface area contributed by atoms with Gasteiger partial charge in [0.1, 0.15) is 0 Å². The van der Waals surface area contributed by atoms with E-state index in [9.17, 15) is 20.1 Å². The minimum Gasteiger partial charge on any atom is -0.465 e. The van der Waals surface area contributed by atoms with E-state index in [1.54, 1.807) is 0 Å². The van der Waals surface area contributed by atoms with Crippen molar-refractivity contribution in [2.24, 2.45) is 28.6 Å². The summed E-state index contributed by atoms with van der Waals surface area (Å²) in [6.07, 6.45) is 16.5. The highest BCUT2D eigenvalue weighted by Gasteiger charge is 2.56. The Morgan fingerprint density at radius 3 is 2.49 bits per heavy atom. The number of aliphatic hydroxyl groups is 3. The Morgan fingerprint density at radius 1 is 1.14 bits per heavy atom. The molecule has 0 saturated heterocycles. The van der Waals surface area contributed by atoms with Crippen molar-refractivity contribution in [1.82, 2.24) is 0 Å². The van der Waals surface area contributed by atoms with Crippen molar-refractivity contribution >= 4 is 5.97 Å². The predicted octanol–water partition coefficient (Wildman–Crippen LogP) is 5.80. The number of unbranched alkanes of at least 4 members (excludes halogenated alkanes) is 1. The van der Waals surface area contributed by atoms with Gasteiger partial charge in [-0.15, -0.1) is 0 Å².